The number of amides is 2. The summed E-state index contributed by atoms with van der Waals surface area (Å²) in [6.45, 7) is 1.06. The van der Waals surface area contributed by atoms with Crippen LogP contribution in [0.15, 0.2) is 59.1 Å². The van der Waals surface area contributed by atoms with Gasteiger partial charge < -0.3 is 10.2 Å². The number of hydrogen-bond donors (Lipinski definition) is 1. The van der Waals surface area contributed by atoms with Crippen LogP contribution in [0.25, 0.3) is 0 Å². The Hall–Kier alpha value is -2.14. The fourth-order valence-electron chi connectivity index (χ4n) is 3.08. The molecule has 4 nitrogen and oxygen atoms in total. The summed E-state index contributed by atoms with van der Waals surface area (Å²) in [5.41, 5.74) is 2.22. The van der Waals surface area contributed by atoms with Crippen LogP contribution in [0.5, 0.6) is 0 Å². The fourth-order valence-corrected chi connectivity index (χ4v) is 3.35. The third-order valence-corrected chi connectivity index (χ3v) is 4.98. The van der Waals surface area contributed by atoms with Gasteiger partial charge in [-0.3, -0.25) is 9.59 Å². The van der Waals surface area contributed by atoms with Crippen molar-refractivity contribution in [2.45, 2.75) is 31.8 Å². The predicted molar refractivity (Wildman–Crippen MR) is 101 cm³/mol. The Morgan fingerprint density at radius 1 is 1.08 bits per heavy atom. The van der Waals surface area contributed by atoms with Gasteiger partial charge in [0, 0.05) is 24.0 Å². The first-order chi connectivity index (χ1) is 12.1. The van der Waals surface area contributed by atoms with E-state index in [2.05, 4.69) is 21.2 Å². The Morgan fingerprint density at radius 3 is 2.52 bits per heavy atom. The van der Waals surface area contributed by atoms with Crippen molar-refractivity contribution in [3.8, 4) is 0 Å². The number of carbonyl (C=O) groups excluding carboxylic acids is 2. The standard InChI is InChI=1S/C20H21BrN2O2/c21-17-8-6-16(7-9-17)14-23-18(10-11-19(23)24)20(25)22-13-12-15-4-2-1-3-5-15/h1-9,18H,10-14H2,(H,22,25). The van der Waals surface area contributed by atoms with E-state index in [0.29, 0.717) is 25.9 Å². The molecule has 0 bridgehead atoms. The van der Waals surface area contributed by atoms with E-state index in [0.717, 1.165) is 16.5 Å². The average Bonchev–Trinajstić information content (AvgIpc) is 2.98. The number of nitrogens with zero attached hydrogens (tertiary/aromatic N) is 1. The zero-order chi connectivity index (χ0) is 17.6. The second kappa shape index (κ2) is 8.30. The maximum Gasteiger partial charge on any atom is 0.242 e. The molecule has 1 heterocycles. The van der Waals surface area contributed by atoms with Gasteiger partial charge >= 0.3 is 0 Å². The van der Waals surface area contributed by atoms with Crippen LogP contribution in [-0.4, -0.2) is 29.3 Å². The monoisotopic (exact) mass is 400 g/mol. The Morgan fingerprint density at radius 2 is 1.80 bits per heavy atom. The van der Waals surface area contributed by atoms with Gasteiger partial charge in [0.2, 0.25) is 11.8 Å². The minimum Gasteiger partial charge on any atom is -0.354 e. The maximum atomic E-state index is 12.5. The van der Waals surface area contributed by atoms with E-state index in [9.17, 15) is 9.59 Å². The van der Waals surface area contributed by atoms with Crippen molar-refractivity contribution in [1.29, 1.82) is 0 Å². The molecular formula is C20H21BrN2O2. The Labute approximate surface area is 156 Å². The van der Waals surface area contributed by atoms with Crippen molar-refractivity contribution in [2.24, 2.45) is 0 Å². The highest BCUT2D eigenvalue weighted by Crippen LogP contribution is 2.22. The molecule has 1 aliphatic rings. The fraction of sp³-hybridized carbons (Fsp3) is 0.300. The van der Waals surface area contributed by atoms with Gasteiger partial charge in [-0.25, -0.2) is 0 Å². The minimum atomic E-state index is -0.369. The molecule has 5 heteroatoms. The van der Waals surface area contributed by atoms with Crippen molar-refractivity contribution in [3.63, 3.8) is 0 Å². The van der Waals surface area contributed by atoms with Gasteiger partial charge in [0.1, 0.15) is 6.04 Å². The highest BCUT2D eigenvalue weighted by atomic mass is 79.9. The van der Waals surface area contributed by atoms with E-state index in [1.165, 1.54) is 5.56 Å². The van der Waals surface area contributed by atoms with Crippen molar-refractivity contribution >= 4 is 27.7 Å². The summed E-state index contributed by atoms with van der Waals surface area (Å²) in [5.74, 6) is -0.00924. The molecule has 1 fully saturated rings. The summed E-state index contributed by atoms with van der Waals surface area (Å²) in [5, 5.41) is 2.98. The highest BCUT2D eigenvalue weighted by molar-refractivity contribution is 9.10. The number of hydrogen-bond acceptors (Lipinski definition) is 2. The predicted octanol–water partition coefficient (Wildman–Crippen LogP) is 3.30. The molecule has 1 N–H and O–H groups in total. The molecule has 2 aromatic carbocycles. The molecule has 1 atom stereocenters. The molecule has 130 valence electrons. The molecule has 1 aliphatic heterocycles. The van der Waals surface area contributed by atoms with Crippen LogP contribution in [0.3, 0.4) is 0 Å². The van der Waals surface area contributed by atoms with Crippen molar-refractivity contribution in [1.82, 2.24) is 10.2 Å². The summed E-state index contributed by atoms with van der Waals surface area (Å²) in [6, 6.07) is 17.5. The lowest BCUT2D eigenvalue weighted by Gasteiger charge is -2.24. The van der Waals surface area contributed by atoms with Crippen LogP contribution in [0, 0.1) is 0 Å². The van der Waals surface area contributed by atoms with Crippen LogP contribution in [0.1, 0.15) is 24.0 Å². The summed E-state index contributed by atoms with van der Waals surface area (Å²) in [7, 11) is 0. The van der Waals surface area contributed by atoms with Crippen molar-refractivity contribution < 1.29 is 9.59 Å². The van der Waals surface area contributed by atoms with Crippen molar-refractivity contribution in [2.75, 3.05) is 6.54 Å². The molecule has 2 aromatic rings. The topological polar surface area (TPSA) is 49.4 Å². The Bertz CT molecular complexity index is 731. The summed E-state index contributed by atoms with van der Waals surface area (Å²) < 4.78 is 0.999. The van der Waals surface area contributed by atoms with Crippen LogP contribution >= 0.6 is 15.9 Å². The van der Waals surface area contributed by atoms with Crippen LogP contribution in [0.4, 0.5) is 0 Å². The lowest BCUT2D eigenvalue weighted by Crippen LogP contribution is -2.44. The molecule has 0 radical (unpaired) electrons. The number of carbonyl (C=O) groups is 2. The second-order valence-electron chi connectivity index (χ2n) is 6.23. The number of likely N-dealkylation sites (tertiary alicyclic amines) is 1. The summed E-state index contributed by atoms with van der Waals surface area (Å²) in [6.07, 6.45) is 1.82. The zero-order valence-electron chi connectivity index (χ0n) is 14.0. The van der Waals surface area contributed by atoms with Crippen LogP contribution in [-0.2, 0) is 22.6 Å². The maximum absolute atomic E-state index is 12.5. The van der Waals surface area contributed by atoms with Gasteiger partial charge in [0.15, 0.2) is 0 Å². The van der Waals surface area contributed by atoms with E-state index in [-0.39, 0.29) is 17.9 Å². The Kier molecular flexibility index (Phi) is 5.87. The van der Waals surface area contributed by atoms with Gasteiger partial charge in [-0.1, -0.05) is 58.4 Å². The summed E-state index contributed by atoms with van der Waals surface area (Å²) in [4.78, 5) is 26.4. The molecular weight excluding hydrogens is 380 g/mol. The normalized spacial score (nSPS) is 16.9. The molecule has 1 saturated heterocycles. The van der Waals surface area contributed by atoms with Gasteiger partial charge in [0.25, 0.3) is 0 Å². The van der Waals surface area contributed by atoms with Gasteiger partial charge in [0.05, 0.1) is 0 Å². The van der Waals surface area contributed by atoms with Gasteiger partial charge in [-0.2, -0.15) is 0 Å². The molecule has 0 aromatic heterocycles. The van der Waals surface area contributed by atoms with Gasteiger partial charge in [-0.15, -0.1) is 0 Å². The van der Waals surface area contributed by atoms with E-state index in [1.54, 1.807) is 4.90 Å². The first-order valence-electron chi connectivity index (χ1n) is 8.49. The van der Waals surface area contributed by atoms with E-state index < -0.39 is 0 Å². The molecule has 0 spiro atoms. The minimum absolute atomic E-state index is 0.0473. The first-order valence-corrected chi connectivity index (χ1v) is 9.28. The summed E-state index contributed by atoms with van der Waals surface area (Å²) >= 11 is 3.41. The average molecular weight is 401 g/mol. The van der Waals surface area contributed by atoms with Crippen molar-refractivity contribution in [3.05, 3.63) is 70.2 Å². The Balaban J connectivity index is 1.56. The van der Waals surface area contributed by atoms with E-state index >= 15 is 0 Å². The first kappa shape index (κ1) is 17.7. The molecule has 2 amide bonds. The number of rotatable bonds is 6. The van der Waals surface area contributed by atoms with E-state index in [4.69, 9.17) is 0 Å². The lowest BCUT2D eigenvalue weighted by molar-refractivity contribution is -0.135. The van der Waals surface area contributed by atoms with Crippen LogP contribution < -0.4 is 5.32 Å². The smallest absolute Gasteiger partial charge is 0.242 e. The molecule has 1 unspecified atom stereocenters. The molecule has 0 saturated carbocycles. The largest absolute Gasteiger partial charge is 0.354 e. The molecule has 3 rings (SSSR count). The van der Waals surface area contributed by atoms with E-state index in [1.807, 2.05) is 54.6 Å². The quantitative estimate of drug-likeness (QED) is 0.808. The number of nitrogens with one attached hydrogen (secondary N) is 1. The highest BCUT2D eigenvalue weighted by Gasteiger charge is 2.35. The lowest BCUT2D eigenvalue weighted by atomic mass is 10.1. The SMILES string of the molecule is O=C(NCCc1ccccc1)C1CCC(=O)N1Cc1ccc(Br)cc1. The number of halogens is 1. The third kappa shape index (κ3) is 4.69. The third-order valence-electron chi connectivity index (χ3n) is 4.45. The second-order valence-corrected chi connectivity index (χ2v) is 7.14. The van der Waals surface area contributed by atoms with Crippen LogP contribution in [0.2, 0.25) is 0 Å². The number of benzene rings is 2. The molecule has 0 aliphatic carbocycles. The zero-order valence-corrected chi connectivity index (χ0v) is 15.5. The molecule has 25 heavy (non-hydrogen) atoms. The van der Waals surface area contributed by atoms with Gasteiger partial charge in [-0.05, 0) is 36.1 Å².